The van der Waals surface area contributed by atoms with Crippen LogP contribution in [-0.4, -0.2) is 26.7 Å². The highest BCUT2D eigenvalue weighted by atomic mass is 19.3. The number of ether oxygens (including phenoxy) is 1. The van der Waals surface area contributed by atoms with Gasteiger partial charge < -0.3 is 4.74 Å². The number of hydrogen-bond donors (Lipinski definition) is 2. The van der Waals surface area contributed by atoms with Crippen molar-refractivity contribution in [2.24, 2.45) is 0 Å². The van der Waals surface area contributed by atoms with Gasteiger partial charge in [0.1, 0.15) is 0 Å². The van der Waals surface area contributed by atoms with E-state index >= 15 is 8.78 Å². The topological polar surface area (TPSA) is 95.6 Å². The summed E-state index contributed by atoms with van der Waals surface area (Å²) in [6.45, 7) is 0. The van der Waals surface area contributed by atoms with Crippen LogP contribution in [0.2, 0.25) is 0 Å². The Hall–Kier alpha value is -6.41. The van der Waals surface area contributed by atoms with Crippen LogP contribution in [0.25, 0.3) is 39.7 Å². The third kappa shape index (κ3) is 5.71. The quantitative estimate of drug-likeness (QED) is 0.138. The zero-order valence-electron chi connectivity index (χ0n) is 26.6. The highest BCUT2D eigenvalue weighted by Gasteiger charge is 2.47. The molecule has 1 atom stereocenters. The van der Waals surface area contributed by atoms with Crippen LogP contribution in [0.5, 0.6) is 0 Å². The molecule has 1 unspecified atom stereocenters. The minimum atomic E-state index is -3.19. The predicted octanol–water partition coefficient (Wildman–Crippen LogP) is 9.84. The van der Waals surface area contributed by atoms with E-state index in [1.807, 2.05) is 84.9 Å². The number of allylic oxidation sites excluding steroid dienone is 4. The number of benzene rings is 5. The molecule has 2 aliphatic carbocycles. The minimum absolute atomic E-state index is 0.0601. The lowest BCUT2D eigenvalue weighted by atomic mass is 9.84. The SMILES string of the molecule is N=C(OC(=N)c1ccc(C2C=CC3=C(C2)C(F)(F)c2cc(-c4nc(-c5ccccc5)nc(-c5ccccc5)n4)ccc23)cc1)c1ccccc1. The van der Waals surface area contributed by atoms with Gasteiger partial charge >= 0.3 is 0 Å². The third-order valence-electron chi connectivity index (χ3n) is 9.07. The highest BCUT2D eigenvalue weighted by molar-refractivity contribution is 6.04. The molecule has 2 aliphatic rings. The van der Waals surface area contributed by atoms with E-state index in [1.54, 1.807) is 54.6 Å². The normalized spacial score (nSPS) is 15.7. The Labute approximate surface area is 287 Å². The monoisotopic (exact) mass is 657 g/mol. The first kappa shape index (κ1) is 30.9. The summed E-state index contributed by atoms with van der Waals surface area (Å²) in [4.78, 5) is 14.2. The molecule has 6 aromatic rings. The number of fused-ring (bicyclic) bond motifs is 2. The third-order valence-corrected chi connectivity index (χ3v) is 9.07. The highest BCUT2D eigenvalue weighted by Crippen LogP contribution is 2.54. The maximum absolute atomic E-state index is 16.4. The summed E-state index contributed by atoms with van der Waals surface area (Å²) < 4.78 is 38.2. The molecule has 0 amide bonds. The van der Waals surface area contributed by atoms with Crippen molar-refractivity contribution < 1.29 is 13.5 Å². The van der Waals surface area contributed by atoms with Crippen LogP contribution >= 0.6 is 0 Å². The summed E-state index contributed by atoms with van der Waals surface area (Å²) in [7, 11) is 0. The van der Waals surface area contributed by atoms with Gasteiger partial charge in [-0.3, -0.25) is 10.8 Å². The number of halogens is 2. The molecule has 5 aromatic carbocycles. The largest absolute Gasteiger partial charge is 0.421 e. The zero-order valence-corrected chi connectivity index (χ0v) is 26.6. The van der Waals surface area contributed by atoms with Crippen LogP contribution in [0.15, 0.2) is 151 Å². The maximum atomic E-state index is 16.4. The Morgan fingerprint density at radius 3 is 1.72 bits per heavy atom. The summed E-state index contributed by atoms with van der Waals surface area (Å²) in [6.07, 6.45) is 3.91. The van der Waals surface area contributed by atoms with E-state index in [4.69, 9.17) is 30.5 Å². The molecule has 50 heavy (non-hydrogen) atoms. The Balaban J connectivity index is 1.05. The lowest BCUT2D eigenvalue weighted by Gasteiger charge is -2.23. The summed E-state index contributed by atoms with van der Waals surface area (Å²) in [5, 5.41) is 16.5. The van der Waals surface area contributed by atoms with Crippen LogP contribution in [0, 0.1) is 10.8 Å². The van der Waals surface area contributed by atoms with Gasteiger partial charge in [-0.15, -0.1) is 0 Å². The Kier molecular flexibility index (Phi) is 7.76. The number of hydrogen-bond acceptors (Lipinski definition) is 6. The number of rotatable bonds is 6. The van der Waals surface area contributed by atoms with Crippen LogP contribution in [0.1, 0.15) is 40.2 Å². The van der Waals surface area contributed by atoms with E-state index in [1.165, 1.54) is 6.07 Å². The molecule has 6 nitrogen and oxygen atoms in total. The standard InChI is InChI=1S/C42H29F2N5O/c43-42(44)35-24-31(26-16-18-28(19-17-26)38(46)50-37(45)27-10-4-1-5-11-27)20-22-33(35)34-23-21-32(25-36(34)42)41-48-39(29-12-6-2-7-13-29)47-40(49-41)30-14-8-3-9-15-30/h1-23,25,31,45-46H,24H2. The molecule has 8 heteroatoms. The van der Waals surface area contributed by atoms with Crippen molar-refractivity contribution in [2.75, 3.05) is 0 Å². The van der Waals surface area contributed by atoms with Crippen molar-refractivity contribution in [3.63, 3.8) is 0 Å². The first-order chi connectivity index (χ1) is 24.3. The molecule has 0 saturated carbocycles. The molecule has 0 radical (unpaired) electrons. The van der Waals surface area contributed by atoms with Crippen LogP contribution in [0.4, 0.5) is 8.78 Å². The Morgan fingerprint density at radius 1 is 0.620 bits per heavy atom. The van der Waals surface area contributed by atoms with E-state index in [9.17, 15) is 0 Å². The molecular formula is C42H29F2N5O. The van der Waals surface area contributed by atoms with Gasteiger partial charge in [-0.05, 0) is 53.5 Å². The van der Waals surface area contributed by atoms with Crippen LogP contribution in [-0.2, 0) is 10.7 Å². The fourth-order valence-electron chi connectivity index (χ4n) is 6.46. The number of aromatic nitrogens is 3. The molecule has 0 spiro atoms. The number of nitrogens with one attached hydrogen (secondary N) is 2. The maximum Gasteiger partial charge on any atom is 0.296 e. The summed E-state index contributed by atoms with van der Waals surface area (Å²) in [5.74, 6) is -2.49. The molecule has 0 fully saturated rings. The van der Waals surface area contributed by atoms with Crippen molar-refractivity contribution in [3.8, 4) is 34.2 Å². The van der Waals surface area contributed by atoms with Crippen molar-refractivity contribution in [3.05, 3.63) is 179 Å². The van der Waals surface area contributed by atoms with Gasteiger partial charge in [0.15, 0.2) is 17.5 Å². The molecule has 0 bridgehead atoms. The molecular weight excluding hydrogens is 628 g/mol. The average Bonchev–Trinajstić information content (AvgIpc) is 3.40. The molecule has 8 rings (SSSR count). The molecule has 242 valence electrons. The van der Waals surface area contributed by atoms with E-state index < -0.39 is 5.92 Å². The van der Waals surface area contributed by atoms with Crippen molar-refractivity contribution in [2.45, 2.75) is 18.3 Å². The second kappa shape index (κ2) is 12.6. The lowest BCUT2D eigenvalue weighted by Crippen LogP contribution is -2.17. The number of alkyl halides is 2. The first-order valence-corrected chi connectivity index (χ1v) is 16.2. The van der Waals surface area contributed by atoms with Gasteiger partial charge in [0, 0.05) is 44.9 Å². The fourth-order valence-corrected chi connectivity index (χ4v) is 6.46. The van der Waals surface area contributed by atoms with Crippen molar-refractivity contribution in [1.29, 1.82) is 10.8 Å². The van der Waals surface area contributed by atoms with E-state index in [0.717, 1.165) is 16.7 Å². The number of nitrogens with zero attached hydrogens (tertiary/aromatic N) is 3. The molecule has 2 N–H and O–H groups in total. The van der Waals surface area contributed by atoms with Crippen LogP contribution < -0.4 is 0 Å². The summed E-state index contributed by atoms with van der Waals surface area (Å²) >= 11 is 0. The Bertz CT molecular complexity index is 2260. The summed E-state index contributed by atoms with van der Waals surface area (Å²) in [6, 6.07) is 40.2. The van der Waals surface area contributed by atoms with Gasteiger partial charge in [0.05, 0.1) is 0 Å². The van der Waals surface area contributed by atoms with Gasteiger partial charge in [0.25, 0.3) is 5.92 Å². The van der Waals surface area contributed by atoms with Crippen molar-refractivity contribution >= 4 is 17.4 Å². The second-order valence-electron chi connectivity index (χ2n) is 12.2. The fraction of sp³-hybridized carbons (Fsp3) is 0.0714. The first-order valence-electron chi connectivity index (χ1n) is 16.2. The van der Waals surface area contributed by atoms with Crippen molar-refractivity contribution in [1.82, 2.24) is 15.0 Å². The zero-order chi connectivity index (χ0) is 34.2. The van der Waals surface area contributed by atoms with Gasteiger partial charge in [0.2, 0.25) is 11.8 Å². The van der Waals surface area contributed by atoms with E-state index in [-0.39, 0.29) is 35.3 Å². The lowest BCUT2D eigenvalue weighted by molar-refractivity contribution is 0.0379. The summed E-state index contributed by atoms with van der Waals surface area (Å²) in [5.41, 5.74) is 5.07. The average molecular weight is 658 g/mol. The Morgan fingerprint density at radius 2 is 1.14 bits per heavy atom. The molecule has 0 saturated heterocycles. The second-order valence-corrected chi connectivity index (χ2v) is 12.2. The van der Waals surface area contributed by atoms with Crippen LogP contribution in [0.3, 0.4) is 0 Å². The van der Waals surface area contributed by atoms with Gasteiger partial charge in [-0.1, -0.05) is 115 Å². The van der Waals surface area contributed by atoms with Gasteiger partial charge in [-0.2, -0.15) is 8.78 Å². The molecule has 1 aromatic heterocycles. The minimum Gasteiger partial charge on any atom is -0.421 e. The van der Waals surface area contributed by atoms with Gasteiger partial charge in [-0.25, -0.2) is 15.0 Å². The van der Waals surface area contributed by atoms with E-state index in [2.05, 4.69) is 0 Å². The predicted molar refractivity (Wildman–Crippen MR) is 191 cm³/mol. The molecule has 0 aliphatic heterocycles. The smallest absolute Gasteiger partial charge is 0.296 e. The van der Waals surface area contributed by atoms with E-state index in [0.29, 0.717) is 45.3 Å². The molecule has 1 heterocycles.